The number of nitrogens with zero attached hydrogens (tertiary/aromatic N) is 2. The molecule has 0 saturated heterocycles. The summed E-state index contributed by atoms with van der Waals surface area (Å²) in [5.41, 5.74) is 1.72. The fourth-order valence-electron chi connectivity index (χ4n) is 1.18. The van der Waals surface area contributed by atoms with Crippen molar-refractivity contribution in [3.8, 4) is 6.07 Å². The predicted molar refractivity (Wildman–Crippen MR) is 56.5 cm³/mol. The van der Waals surface area contributed by atoms with Crippen molar-refractivity contribution in [2.45, 2.75) is 17.0 Å². The number of aromatic nitrogens is 1. The van der Waals surface area contributed by atoms with Crippen molar-refractivity contribution < 1.29 is 4.42 Å². The molecule has 0 aliphatic heterocycles. The highest BCUT2D eigenvalue weighted by molar-refractivity contribution is 7.99. The lowest BCUT2D eigenvalue weighted by Crippen LogP contribution is -1.83. The maximum atomic E-state index is 8.96. The molecule has 2 rings (SSSR count). The van der Waals surface area contributed by atoms with Gasteiger partial charge >= 0.3 is 0 Å². The third kappa shape index (κ3) is 2.20. The van der Waals surface area contributed by atoms with E-state index in [9.17, 15) is 0 Å². The van der Waals surface area contributed by atoms with Gasteiger partial charge in [0.1, 0.15) is 12.3 Å². The van der Waals surface area contributed by atoms with Gasteiger partial charge in [-0.25, -0.2) is 4.98 Å². The highest BCUT2D eigenvalue weighted by Gasteiger charge is 2.06. The Kier molecular flexibility index (Phi) is 2.75. The molecule has 0 bridgehead atoms. The van der Waals surface area contributed by atoms with E-state index in [1.807, 2.05) is 25.1 Å². The van der Waals surface area contributed by atoms with Gasteiger partial charge in [-0.2, -0.15) is 5.26 Å². The molecule has 3 nitrogen and oxygen atoms in total. The quantitative estimate of drug-likeness (QED) is 0.774. The average Bonchev–Trinajstić information content (AvgIpc) is 2.73. The van der Waals surface area contributed by atoms with Gasteiger partial charge in [-0.1, -0.05) is 6.07 Å². The second kappa shape index (κ2) is 4.20. The molecular formula is C11H8N2OS. The standard InChI is InChI=1S/C11H8N2OS/c1-8-2-3-10(9(6-8)7-12)15-11-13-4-5-14-11/h2-6H,1H3. The van der Waals surface area contributed by atoms with Crippen LogP contribution in [0.3, 0.4) is 0 Å². The molecule has 0 atom stereocenters. The molecule has 1 aromatic heterocycles. The van der Waals surface area contributed by atoms with Crippen LogP contribution in [0.15, 0.2) is 45.2 Å². The van der Waals surface area contributed by atoms with Crippen LogP contribution in [0.2, 0.25) is 0 Å². The summed E-state index contributed by atoms with van der Waals surface area (Å²) in [5, 5.41) is 9.51. The average molecular weight is 216 g/mol. The first kappa shape index (κ1) is 9.81. The van der Waals surface area contributed by atoms with Gasteiger partial charge in [0.25, 0.3) is 5.22 Å². The summed E-state index contributed by atoms with van der Waals surface area (Å²) in [6.45, 7) is 1.96. The van der Waals surface area contributed by atoms with Crippen LogP contribution < -0.4 is 0 Å². The molecule has 0 N–H and O–H groups in total. The Morgan fingerprint density at radius 2 is 2.33 bits per heavy atom. The molecule has 4 heteroatoms. The van der Waals surface area contributed by atoms with Gasteiger partial charge in [0, 0.05) is 4.90 Å². The van der Waals surface area contributed by atoms with E-state index in [2.05, 4.69) is 11.1 Å². The van der Waals surface area contributed by atoms with Crippen LogP contribution >= 0.6 is 11.8 Å². The van der Waals surface area contributed by atoms with E-state index >= 15 is 0 Å². The van der Waals surface area contributed by atoms with Crippen molar-refractivity contribution in [2.75, 3.05) is 0 Å². The third-order valence-corrected chi connectivity index (χ3v) is 2.81. The number of benzene rings is 1. The van der Waals surface area contributed by atoms with E-state index in [4.69, 9.17) is 9.68 Å². The van der Waals surface area contributed by atoms with Gasteiger partial charge in [-0.05, 0) is 36.4 Å². The summed E-state index contributed by atoms with van der Waals surface area (Å²) in [6.07, 6.45) is 3.10. The first-order chi connectivity index (χ1) is 7.29. The van der Waals surface area contributed by atoms with Crippen LogP contribution in [-0.2, 0) is 0 Å². The van der Waals surface area contributed by atoms with E-state index in [1.165, 1.54) is 18.0 Å². The van der Waals surface area contributed by atoms with Crippen molar-refractivity contribution in [1.82, 2.24) is 4.98 Å². The van der Waals surface area contributed by atoms with Gasteiger partial charge < -0.3 is 4.42 Å². The Morgan fingerprint density at radius 3 is 3.00 bits per heavy atom. The van der Waals surface area contributed by atoms with E-state index in [-0.39, 0.29) is 0 Å². The molecule has 0 radical (unpaired) electrons. The lowest BCUT2D eigenvalue weighted by Gasteiger charge is -2.01. The Labute approximate surface area is 91.7 Å². The second-order valence-electron chi connectivity index (χ2n) is 3.01. The van der Waals surface area contributed by atoms with Crippen LogP contribution in [0.25, 0.3) is 0 Å². The first-order valence-electron chi connectivity index (χ1n) is 4.37. The zero-order valence-electron chi connectivity index (χ0n) is 8.10. The molecule has 0 saturated carbocycles. The van der Waals surface area contributed by atoms with Gasteiger partial charge in [0.15, 0.2) is 0 Å². The molecule has 1 heterocycles. The minimum absolute atomic E-state index is 0.551. The SMILES string of the molecule is Cc1ccc(Sc2ncco2)c(C#N)c1. The highest BCUT2D eigenvalue weighted by atomic mass is 32.2. The molecule has 0 fully saturated rings. The Hall–Kier alpha value is -1.73. The monoisotopic (exact) mass is 216 g/mol. The fraction of sp³-hybridized carbons (Fsp3) is 0.0909. The highest BCUT2D eigenvalue weighted by Crippen LogP contribution is 2.29. The van der Waals surface area contributed by atoms with Crippen molar-refractivity contribution in [3.05, 3.63) is 41.8 Å². The minimum Gasteiger partial charge on any atom is -0.440 e. The van der Waals surface area contributed by atoms with Gasteiger partial charge in [-0.3, -0.25) is 0 Å². The Morgan fingerprint density at radius 1 is 1.47 bits per heavy atom. The van der Waals surface area contributed by atoms with E-state index in [1.54, 1.807) is 6.20 Å². The normalized spacial score (nSPS) is 9.87. The number of hydrogen-bond donors (Lipinski definition) is 0. The first-order valence-corrected chi connectivity index (χ1v) is 5.19. The lowest BCUT2D eigenvalue weighted by atomic mass is 10.2. The van der Waals surface area contributed by atoms with Gasteiger partial charge in [0.2, 0.25) is 0 Å². The molecule has 0 aliphatic carbocycles. The maximum Gasteiger partial charge on any atom is 0.260 e. The molecule has 2 aromatic rings. The van der Waals surface area contributed by atoms with E-state index < -0.39 is 0 Å². The molecule has 0 amide bonds. The van der Waals surface area contributed by atoms with Gasteiger partial charge in [0.05, 0.1) is 11.8 Å². The Bertz CT molecular complexity index is 500. The van der Waals surface area contributed by atoms with Crippen molar-refractivity contribution >= 4 is 11.8 Å². The molecule has 0 spiro atoms. The van der Waals surface area contributed by atoms with E-state index in [0.29, 0.717) is 10.8 Å². The second-order valence-corrected chi connectivity index (χ2v) is 4.00. The van der Waals surface area contributed by atoms with Crippen LogP contribution in [0.1, 0.15) is 11.1 Å². The third-order valence-electron chi connectivity index (χ3n) is 1.86. The summed E-state index contributed by atoms with van der Waals surface area (Å²) in [5.74, 6) is 0. The minimum atomic E-state index is 0.551. The maximum absolute atomic E-state index is 8.96. The predicted octanol–water partition coefficient (Wildman–Crippen LogP) is 3.01. The van der Waals surface area contributed by atoms with Crippen LogP contribution in [-0.4, -0.2) is 4.98 Å². The smallest absolute Gasteiger partial charge is 0.260 e. The summed E-state index contributed by atoms with van der Waals surface area (Å²) < 4.78 is 5.11. The van der Waals surface area contributed by atoms with Crippen molar-refractivity contribution in [3.63, 3.8) is 0 Å². The van der Waals surface area contributed by atoms with E-state index in [0.717, 1.165) is 10.5 Å². The number of oxazole rings is 1. The largest absolute Gasteiger partial charge is 0.440 e. The number of hydrogen-bond acceptors (Lipinski definition) is 4. The molecule has 0 unspecified atom stereocenters. The zero-order valence-corrected chi connectivity index (χ0v) is 8.91. The lowest BCUT2D eigenvalue weighted by molar-refractivity contribution is 0.454. The summed E-state index contributed by atoms with van der Waals surface area (Å²) in [4.78, 5) is 4.86. The molecule has 1 aromatic carbocycles. The van der Waals surface area contributed by atoms with Crippen LogP contribution in [0.5, 0.6) is 0 Å². The molecule has 74 valence electrons. The number of rotatable bonds is 2. The van der Waals surface area contributed by atoms with Gasteiger partial charge in [-0.15, -0.1) is 0 Å². The number of aryl methyl sites for hydroxylation is 1. The molecule has 0 aliphatic rings. The fourth-order valence-corrected chi connectivity index (χ4v) is 1.93. The number of nitriles is 1. The molecule has 15 heavy (non-hydrogen) atoms. The Balaban J connectivity index is 2.33. The zero-order chi connectivity index (χ0) is 10.7. The van der Waals surface area contributed by atoms with Crippen molar-refractivity contribution in [2.24, 2.45) is 0 Å². The van der Waals surface area contributed by atoms with Crippen LogP contribution in [0.4, 0.5) is 0 Å². The van der Waals surface area contributed by atoms with Crippen LogP contribution in [0, 0.1) is 18.3 Å². The molecular weight excluding hydrogens is 208 g/mol. The summed E-state index contributed by atoms with van der Waals surface area (Å²) in [6, 6.07) is 7.88. The van der Waals surface area contributed by atoms with Crippen molar-refractivity contribution in [1.29, 1.82) is 5.26 Å². The topological polar surface area (TPSA) is 49.8 Å². The summed E-state index contributed by atoms with van der Waals surface area (Å²) >= 11 is 1.35. The summed E-state index contributed by atoms with van der Waals surface area (Å²) in [7, 11) is 0.